The van der Waals surface area contributed by atoms with Crippen molar-refractivity contribution in [1.82, 2.24) is 4.90 Å². The number of rotatable bonds is 5. The van der Waals surface area contributed by atoms with Gasteiger partial charge >= 0.3 is 0 Å². The Morgan fingerprint density at radius 3 is 2.56 bits per heavy atom. The van der Waals surface area contributed by atoms with Gasteiger partial charge in [-0.25, -0.2) is 0 Å². The fraction of sp³-hybridized carbons (Fsp3) is 0.158. The molecular weight excluding hydrogens is 384 g/mol. The van der Waals surface area contributed by atoms with Crippen molar-refractivity contribution in [1.29, 1.82) is 0 Å². The SMILES string of the molecule is CCN1C(=O)/C(=C/c2cccc(OC)c2)SC1=NS(=O)(=O)c1ccccc1. The molecule has 6 nitrogen and oxygen atoms in total. The summed E-state index contributed by atoms with van der Waals surface area (Å²) in [6, 6.07) is 15.2. The van der Waals surface area contributed by atoms with Crippen molar-refractivity contribution in [2.45, 2.75) is 11.8 Å². The smallest absolute Gasteiger partial charge is 0.284 e. The summed E-state index contributed by atoms with van der Waals surface area (Å²) in [5.41, 5.74) is 0.786. The first-order chi connectivity index (χ1) is 12.9. The summed E-state index contributed by atoms with van der Waals surface area (Å²) in [5, 5.41) is 0.153. The first-order valence-electron chi connectivity index (χ1n) is 8.20. The zero-order chi connectivity index (χ0) is 19.4. The third-order valence-corrected chi connectivity index (χ3v) is 6.24. The number of amides is 1. The molecule has 140 valence electrons. The molecule has 0 spiro atoms. The van der Waals surface area contributed by atoms with Gasteiger partial charge in [0, 0.05) is 6.54 Å². The molecule has 8 heteroatoms. The maximum atomic E-state index is 12.7. The zero-order valence-corrected chi connectivity index (χ0v) is 16.5. The van der Waals surface area contributed by atoms with Crippen molar-refractivity contribution >= 4 is 38.9 Å². The Balaban J connectivity index is 1.96. The largest absolute Gasteiger partial charge is 0.497 e. The quantitative estimate of drug-likeness (QED) is 0.717. The minimum absolute atomic E-state index is 0.0897. The van der Waals surface area contributed by atoms with Crippen LogP contribution < -0.4 is 4.74 Å². The van der Waals surface area contributed by atoms with E-state index < -0.39 is 10.0 Å². The van der Waals surface area contributed by atoms with Crippen LogP contribution in [0.5, 0.6) is 5.75 Å². The molecule has 0 saturated carbocycles. The van der Waals surface area contributed by atoms with Crippen LogP contribution >= 0.6 is 11.8 Å². The van der Waals surface area contributed by atoms with E-state index in [9.17, 15) is 13.2 Å². The molecule has 1 fully saturated rings. The van der Waals surface area contributed by atoms with Crippen molar-refractivity contribution in [3.8, 4) is 5.75 Å². The summed E-state index contributed by atoms with van der Waals surface area (Å²) in [4.78, 5) is 14.5. The summed E-state index contributed by atoms with van der Waals surface area (Å²) in [5.74, 6) is 0.403. The molecule has 0 aliphatic carbocycles. The van der Waals surface area contributed by atoms with Crippen LogP contribution in [0.15, 0.2) is 68.8 Å². The molecule has 0 radical (unpaired) electrons. The number of sulfonamides is 1. The summed E-state index contributed by atoms with van der Waals surface area (Å²) < 4.78 is 34.1. The van der Waals surface area contributed by atoms with Gasteiger partial charge in [-0.15, -0.1) is 4.40 Å². The van der Waals surface area contributed by atoms with Gasteiger partial charge in [-0.1, -0.05) is 30.3 Å². The number of hydrogen-bond acceptors (Lipinski definition) is 5. The van der Waals surface area contributed by atoms with Crippen molar-refractivity contribution in [3.63, 3.8) is 0 Å². The molecule has 1 aliphatic heterocycles. The summed E-state index contributed by atoms with van der Waals surface area (Å²) >= 11 is 1.05. The highest BCUT2D eigenvalue weighted by Crippen LogP contribution is 2.33. The molecule has 27 heavy (non-hydrogen) atoms. The number of likely N-dealkylation sites (N-methyl/N-ethyl adjacent to an activating group) is 1. The standard InChI is InChI=1S/C19H18N2O4S2/c1-3-21-18(22)17(13-14-8-7-9-15(12-14)25-2)26-19(21)20-27(23,24)16-10-5-4-6-11-16/h4-13H,3H2,1-2H3/b17-13-,20-19?. The van der Waals surface area contributed by atoms with Crippen LogP contribution in [0.2, 0.25) is 0 Å². The molecule has 2 aromatic carbocycles. The van der Waals surface area contributed by atoms with Gasteiger partial charge in [0.05, 0.1) is 16.9 Å². The van der Waals surface area contributed by atoms with E-state index in [1.165, 1.54) is 17.0 Å². The lowest BCUT2D eigenvalue weighted by Crippen LogP contribution is -2.29. The molecule has 0 N–H and O–H groups in total. The van der Waals surface area contributed by atoms with E-state index in [0.717, 1.165) is 17.3 Å². The third kappa shape index (κ3) is 4.23. The second kappa shape index (κ2) is 7.98. The molecule has 1 amide bonds. The van der Waals surface area contributed by atoms with Crippen LogP contribution in [0.1, 0.15) is 12.5 Å². The highest BCUT2D eigenvalue weighted by Gasteiger charge is 2.34. The van der Waals surface area contributed by atoms with E-state index in [2.05, 4.69) is 4.40 Å². The van der Waals surface area contributed by atoms with Gasteiger partial charge in [-0.2, -0.15) is 8.42 Å². The number of ether oxygens (including phenoxy) is 1. The summed E-state index contributed by atoms with van der Waals surface area (Å²) in [6.45, 7) is 2.10. The van der Waals surface area contributed by atoms with Crippen LogP contribution in [0.4, 0.5) is 0 Å². The first kappa shape index (κ1) is 19.2. The van der Waals surface area contributed by atoms with E-state index >= 15 is 0 Å². The van der Waals surface area contributed by atoms with Crippen LogP contribution in [-0.4, -0.2) is 38.0 Å². The molecule has 3 rings (SSSR count). The second-order valence-corrected chi connectivity index (χ2v) is 8.21. The fourth-order valence-corrected chi connectivity index (χ4v) is 4.75. The Hall–Kier alpha value is -2.58. The number of nitrogens with zero attached hydrogens (tertiary/aromatic N) is 2. The normalized spacial score (nSPS) is 17.7. The predicted molar refractivity (Wildman–Crippen MR) is 107 cm³/mol. The van der Waals surface area contributed by atoms with Crippen molar-refractivity contribution in [2.75, 3.05) is 13.7 Å². The lowest BCUT2D eigenvalue weighted by atomic mass is 10.2. The van der Waals surface area contributed by atoms with Crippen LogP contribution in [-0.2, 0) is 14.8 Å². The Bertz CT molecular complexity index is 1020. The number of carbonyl (C=O) groups is 1. The maximum absolute atomic E-state index is 12.7. The Morgan fingerprint density at radius 2 is 1.89 bits per heavy atom. The average Bonchev–Trinajstić information content (AvgIpc) is 2.96. The monoisotopic (exact) mass is 402 g/mol. The van der Waals surface area contributed by atoms with Gasteiger partial charge in [0.1, 0.15) is 5.75 Å². The molecule has 2 aromatic rings. The van der Waals surface area contributed by atoms with Gasteiger partial charge in [0.25, 0.3) is 15.9 Å². The number of carbonyl (C=O) groups excluding carboxylic acids is 1. The van der Waals surface area contributed by atoms with E-state index in [1.807, 2.05) is 18.2 Å². The Morgan fingerprint density at radius 1 is 1.15 bits per heavy atom. The predicted octanol–water partition coefficient (Wildman–Crippen LogP) is 3.38. The molecular formula is C19H18N2O4S2. The van der Waals surface area contributed by atoms with Gasteiger partial charge in [-0.05, 0) is 54.6 Å². The van der Waals surface area contributed by atoms with Gasteiger partial charge in [0.15, 0.2) is 5.17 Å². The number of thioether (sulfide) groups is 1. The number of benzene rings is 2. The van der Waals surface area contributed by atoms with Crippen molar-refractivity contribution < 1.29 is 17.9 Å². The molecule has 1 heterocycles. The van der Waals surface area contributed by atoms with E-state index in [4.69, 9.17) is 4.74 Å². The van der Waals surface area contributed by atoms with Crippen molar-refractivity contribution in [2.24, 2.45) is 4.40 Å². The number of amidine groups is 1. The average molecular weight is 402 g/mol. The fourth-order valence-electron chi connectivity index (χ4n) is 2.49. The second-order valence-electron chi connectivity index (χ2n) is 5.60. The first-order valence-corrected chi connectivity index (χ1v) is 10.5. The molecule has 1 aliphatic rings. The van der Waals surface area contributed by atoms with Gasteiger partial charge in [-0.3, -0.25) is 9.69 Å². The third-order valence-electron chi connectivity index (χ3n) is 3.84. The zero-order valence-electron chi connectivity index (χ0n) is 14.8. The van der Waals surface area contributed by atoms with E-state index in [0.29, 0.717) is 17.2 Å². The summed E-state index contributed by atoms with van der Waals surface area (Å²) in [6.07, 6.45) is 1.70. The Kier molecular flexibility index (Phi) is 5.67. The summed E-state index contributed by atoms with van der Waals surface area (Å²) in [7, 11) is -2.32. The lowest BCUT2D eigenvalue weighted by Gasteiger charge is -2.11. The highest BCUT2D eigenvalue weighted by atomic mass is 32.2. The topological polar surface area (TPSA) is 76.0 Å². The molecule has 0 aromatic heterocycles. The molecule has 1 saturated heterocycles. The Labute approximate surface area is 162 Å². The van der Waals surface area contributed by atoms with E-state index in [1.54, 1.807) is 44.4 Å². The highest BCUT2D eigenvalue weighted by molar-refractivity contribution is 8.19. The molecule has 0 unspecified atom stereocenters. The number of methoxy groups -OCH3 is 1. The van der Waals surface area contributed by atoms with E-state index in [-0.39, 0.29) is 16.0 Å². The minimum atomic E-state index is -3.89. The minimum Gasteiger partial charge on any atom is -0.497 e. The maximum Gasteiger partial charge on any atom is 0.284 e. The lowest BCUT2D eigenvalue weighted by molar-refractivity contribution is -0.122. The van der Waals surface area contributed by atoms with Crippen LogP contribution in [0, 0.1) is 0 Å². The van der Waals surface area contributed by atoms with Crippen LogP contribution in [0.25, 0.3) is 6.08 Å². The molecule has 0 bridgehead atoms. The van der Waals surface area contributed by atoms with Crippen LogP contribution in [0.3, 0.4) is 0 Å². The van der Waals surface area contributed by atoms with Crippen molar-refractivity contribution in [3.05, 3.63) is 65.1 Å². The van der Waals surface area contributed by atoms with Gasteiger partial charge < -0.3 is 4.74 Å². The molecule has 0 atom stereocenters. The number of hydrogen-bond donors (Lipinski definition) is 0. The van der Waals surface area contributed by atoms with Gasteiger partial charge in [0.2, 0.25) is 0 Å².